The van der Waals surface area contributed by atoms with Crippen LogP contribution in [0.3, 0.4) is 0 Å². The van der Waals surface area contributed by atoms with Gasteiger partial charge in [0.05, 0.1) is 17.4 Å². The van der Waals surface area contributed by atoms with Crippen LogP contribution in [0.4, 0.5) is 11.4 Å². The lowest BCUT2D eigenvalue weighted by atomic mass is 9.99. The quantitative estimate of drug-likeness (QED) is 0.774. The van der Waals surface area contributed by atoms with Crippen molar-refractivity contribution < 1.29 is 4.79 Å². The second-order valence-corrected chi connectivity index (χ2v) is 7.07. The molecule has 4 heteroatoms. The number of benzene rings is 1. The van der Waals surface area contributed by atoms with Gasteiger partial charge in [-0.15, -0.1) is 0 Å². The third-order valence-electron chi connectivity index (χ3n) is 5.28. The molecule has 1 saturated heterocycles. The molecular weight excluding hydrogens is 322 g/mol. The van der Waals surface area contributed by atoms with Crippen LogP contribution >= 0.6 is 0 Å². The van der Waals surface area contributed by atoms with E-state index in [1.807, 2.05) is 49.2 Å². The summed E-state index contributed by atoms with van der Waals surface area (Å²) in [5.74, 6) is 0.0116. The number of piperidine rings is 1. The van der Waals surface area contributed by atoms with Crippen LogP contribution in [0.15, 0.2) is 42.7 Å². The normalized spacial score (nSPS) is 17.2. The van der Waals surface area contributed by atoms with Gasteiger partial charge in [-0.05, 0) is 63.3 Å². The van der Waals surface area contributed by atoms with Crippen LogP contribution in [0.25, 0.3) is 0 Å². The maximum Gasteiger partial charge on any atom is 0.259 e. The van der Waals surface area contributed by atoms with Gasteiger partial charge in [-0.2, -0.15) is 0 Å². The van der Waals surface area contributed by atoms with Gasteiger partial charge < -0.3 is 9.80 Å². The van der Waals surface area contributed by atoms with Gasteiger partial charge in [0.25, 0.3) is 5.91 Å². The fourth-order valence-corrected chi connectivity index (χ4v) is 3.86. The van der Waals surface area contributed by atoms with Crippen LogP contribution in [0.2, 0.25) is 0 Å². The van der Waals surface area contributed by atoms with Gasteiger partial charge >= 0.3 is 0 Å². The summed E-state index contributed by atoms with van der Waals surface area (Å²) in [7, 11) is 0. The third-order valence-corrected chi connectivity index (χ3v) is 5.28. The minimum Gasteiger partial charge on any atom is -0.367 e. The second-order valence-electron chi connectivity index (χ2n) is 7.07. The van der Waals surface area contributed by atoms with Gasteiger partial charge in [-0.25, -0.2) is 0 Å². The first-order valence-electron chi connectivity index (χ1n) is 9.74. The van der Waals surface area contributed by atoms with E-state index in [4.69, 9.17) is 0 Å². The van der Waals surface area contributed by atoms with Crippen molar-refractivity contribution in [1.82, 2.24) is 4.98 Å². The second kappa shape index (κ2) is 8.35. The summed E-state index contributed by atoms with van der Waals surface area (Å²) in [6.45, 7) is 7.98. The Labute approximate surface area is 156 Å². The minimum absolute atomic E-state index is 0.0116. The van der Waals surface area contributed by atoms with E-state index in [1.165, 1.54) is 19.3 Å². The molecule has 2 aromatic rings. The van der Waals surface area contributed by atoms with Crippen LogP contribution in [-0.2, 0) is 0 Å². The lowest BCUT2D eigenvalue weighted by molar-refractivity contribution is 0.0988. The zero-order chi connectivity index (χ0) is 18.5. The van der Waals surface area contributed by atoms with Gasteiger partial charge in [0.1, 0.15) is 0 Å². The number of carbonyl (C=O) groups excluding carboxylic acids is 1. The number of pyridine rings is 1. The molecule has 0 bridgehead atoms. The topological polar surface area (TPSA) is 36.4 Å². The van der Waals surface area contributed by atoms with Gasteiger partial charge in [0.2, 0.25) is 0 Å². The van der Waals surface area contributed by atoms with E-state index in [1.54, 1.807) is 6.20 Å². The van der Waals surface area contributed by atoms with Crippen molar-refractivity contribution in [3.63, 3.8) is 0 Å². The zero-order valence-electron chi connectivity index (χ0n) is 16.1. The number of aryl methyl sites for hydroxylation is 1. The predicted octanol–water partition coefficient (Wildman–Crippen LogP) is 4.83. The lowest BCUT2D eigenvalue weighted by Gasteiger charge is -2.37. The van der Waals surface area contributed by atoms with Crippen LogP contribution in [0.1, 0.15) is 55.5 Å². The van der Waals surface area contributed by atoms with Crippen LogP contribution in [0, 0.1) is 6.92 Å². The molecule has 0 spiro atoms. The highest BCUT2D eigenvalue weighted by molar-refractivity contribution is 6.06. The van der Waals surface area contributed by atoms with E-state index in [0.29, 0.717) is 18.2 Å². The number of amides is 1. The maximum absolute atomic E-state index is 13.1. The van der Waals surface area contributed by atoms with Gasteiger partial charge in [-0.1, -0.05) is 19.1 Å². The molecule has 26 heavy (non-hydrogen) atoms. The fourth-order valence-electron chi connectivity index (χ4n) is 3.86. The summed E-state index contributed by atoms with van der Waals surface area (Å²) >= 11 is 0. The van der Waals surface area contributed by atoms with E-state index in [-0.39, 0.29) is 5.91 Å². The SMILES string of the molecule is CCC1CCCCN1c1cncc(C(=O)N(CC)c2cccc(C)c2)c1. The summed E-state index contributed by atoms with van der Waals surface area (Å²) in [6, 6.07) is 10.6. The fraction of sp³-hybridized carbons (Fsp3) is 0.455. The van der Waals surface area contributed by atoms with Gasteiger partial charge in [0, 0.05) is 31.0 Å². The summed E-state index contributed by atoms with van der Waals surface area (Å²) in [6.07, 6.45) is 8.43. The Bertz CT molecular complexity index is 759. The summed E-state index contributed by atoms with van der Waals surface area (Å²) in [5, 5.41) is 0. The van der Waals surface area contributed by atoms with Crippen LogP contribution < -0.4 is 9.80 Å². The highest BCUT2D eigenvalue weighted by Crippen LogP contribution is 2.27. The number of anilines is 2. The molecule has 138 valence electrons. The number of hydrogen-bond donors (Lipinski definition) is 0. The van der Waals surface area contributed by atoms with Crippen LogP contribution in [0.5, 0.6) is 0 Å². The Kier molecular flexibility index (Phi) is 5.92. The Morgan fingerprint density at radius 2 is 2.08 bits per heavy atom. The molecule has 2 heterocycles. The number of hydrogen-bond acceptors (Lipinski definition) is 3. The van der Waals surface area contributed by atoms with Crippen molar-refractivity contribution in [1.29, 1.82) is 0 Å². The van der Waals surface area contributed by atoms with E-state index in [2.05, 4.69) is 22.9 Å². The summed E-state index contributed by atoms with van der Waals surface area (Å²) < 4.78 is 0. The first-order valence-corrected chi connectivity index (χ1v) is 9.74. The summed E-state index contributed by atoms with van der Waals surface area (Å²) in [4.78, 5) is 21.8. The molecule has 0 radical (unpaired) electrons. The Balaban J connectivity index is 1.87. The molecule has 0 aliphatic carbocycles. The van der Waals surface area contributed by atoms with Gasteiger partial charge in [0.15, 0.2) is 0 Å². The number of carbonyl (C=O) groups is 1. The molecule has 1 aromatic carbocycles. The zero-order valence-corrected chi connectivity index (χ0v) is 16.1. The highest BCUT2D eigenvalue weighted by atomic mass is 16.2. The van der Waals surface area contributed by atoms with Crippen molar-refractivity contribution in [3.05, 3.63) is 53.9 Å². The maximum atomic E-state index is 13.1. The van der Waals surface area contributed by atoms with Crippen molar-refractivity contribution in [2.45, 2.75) is 52.5 Å². The molecule has 1 aromatic heterocycles. The Hall–Kier alpha value is -2.36. The Morgan fingerprint density at radius 3 is 2.81 bits per heavy atom. The molecule has 0 N–H and O–H groups in total. The first-order chi connectivity index (χ1) is 12.6. The lowest BCUT2D eigenvalue weighted by Crippen LogP contribution is -2.39. The Morgan fingerprint density at radius 1 is 1.23 bits per heavy atom. The average Bonchev–Trinajstić information content (AvgIpc) is 2.68. The number of nitrogens with zero attached hydrogens (tertiary/aromatic N) is 3. The molecule has 1 unspecified atom stereocenters. The van der Waals surface area contributed by atoms with Crippen molar-refractivity contribution in [2.24, 2.45) is 0 Å². The third kappa shape index (κ3) is 3.90. The largest absolute Gasteiger partial charge is 0.367 e. The summed E-state index contributed by atoms with van der Waals surface area (Å²) in [5.41, 5.74) is 3.82. The van der Waals surface area contributed by atoms with Crippen molar-refractivity contribution in [2.75, 3.05) is 22.9 Å². The first kappa shape index (κ1) is 18.4. The van der Waals surface area contributed by atoms with Crippen LogP contribution in [-0.4, -0.2) is 30.0 Å². The van der Waals surface area contributed by atoms with E-state index >= 15 is 0 Å². The molecule has 4 nitrogen and oxygen atoms in total. The molecule has 1 aliphatic rings. The molecule has 3 rings (SSSR count). The van der Waals surface area contributed by atoms with E-state index in [9.17, 15) is 4.79 Å². The molecule has 0 saturated carbocycles. The average molecular weight is 351 g/mol. The van der Waals surface area contributed by atoms with E-state index < -0.39 is 0 Å². The highest BCUT2D eigenvalue weighted by Gasteiger charge is 2.23. The monoisotopic (exact) mass is 351 g/mol. The van der Waals surface area contributed by atoms with Crippen molar-refractivity contribution >= 4 is 17.3 Å². The standard InChI is InChI=1S/C22H29N3O/c1-4-19-10-6-7-12-25(19)21-14-18(15-23-16-21)22(26)24(5-2)20-11-8-9-17(3)13-20/h8-9,11,13-16,19H,4-7,10,12H2,1-3H3. The molecular formula is C22H29N3O. The molecule has 1 aliphatic heterocycles. The van der Waals surface area contributed by atoms with Crippen molar-refractivity contribution in [3.8, 4) is 0 Å². The molecule has 1 amide bonds. The van der Waals surface area contributed by atoms with E-state index in [0.717, 1.165) is 29.9 Å². The predicted molar refractivity (Wildman–Crippen MR) is 108 cm³/mol. The van der Waals surface area contributed by atoms with Gasteiger partial charge in [-0.3, -0.25) is 9.78 Å². The minimum atomic E-state index is 0.0116. The molecule has 1 atom stereocenters. The number of aromatic nitrogens is 1. The number of rotatable bonds is 5. The smallest absolute Gasteiger partial charge is 0.259 e. The molecule has 1 fully saturated rings.